The molecule has 0 fully saturated rings. The average Bonchev–Trinajstić information content (AvgIpc) is 2.77. The number of carbonyl (C=O) groups is 1. The zero-order valence-electron chi connectivity index (χ0n) is 15.6. The van der Waals surface area contributed by atoms with Crippen LogP contribution in [0.1, 0.15) is 30.5 Å². The van der Waals surface area contributed by atoms with Crippen molar-refractivity contribution in [1.29, 1.82) is 0 Å². The van der Waals surface area contributed by atoms with Crippen LogP contribution < -0.4 is 4.90 Å². The van der Waals surface area contributed by atoms with Crippen molar-refractivity contribution in [1.82, 2.24) is 0 Å². The number of benzene rings is 2. The van der Waals surface area contributed by atoms with Crippen LogP contribution in [0.3, 0.4) is 0 Å². The topological polar surface area (TPSA) is 20.3 Å². The molecule has 2 aromatic carbocycles. The van der Waals surface area contributed by atoms with E-state index in [1.54, 1.807) is 11.8 Å². The van der Waals surface area contributed by atoms with E-state index in [4.69, 9.17) is 0 Å². The van der Waals surface area contributed by atoms with E-state index >= 15 is 0 Å². The highest BCUT2D eigenvalue weighted by atomic mass is 32.2. The maximum atomic E-state index is 12.6. The number of aryl methyl sites for hydroxylation is 2. The molecule has 0 unspecified atom stereocenters. The summed E-state index contributed by atoms with van der Waals surface area (Å²) in [7, 11) is 2.04. The number of thioether (sulfide) groups is 1. The summed E-state index contributed by atoms with van der Waals surface area (Å²) in [6.45, 7) is 8.58. The van der Waals surface area contributed by atoms with Crippen LogP contribution in [0.5, 0.6) is 0 Å². The summed E-state index contributed by atoms with van der Waals surface area (Å²) in [5.74, 6) is 0.623. The Morgan fingerprint density at radius 3 is 2.52 bits per heavy atom. The van der Waals surface area contributed by atoms with E-state index in [1.807, 2.05) is 19.2 Å². The summed E-state index contributed by atoms with van der Waals surface area (Å²) in [6, 6.07) is 14.7. The molecule has 3 rings (SSSR count). The number of allylic oxidation sites excluding steroid dienone is 2. The van der Waals surface area contributed by atoms with Gasteiger partial charge in [0, 0.05) is 34.8 Å². The maximum Gasteiger partial charge on any atom is 0.167 e. The zero-order chi connectivity index (χ0) is 18.2. The van der Waals surface area contributed by atoms with Crippen LogP contribution >= 0.6 is 11.8 Å². The normalized spacial score (nSPS) is 17.0. The molecule has 0 aliphatic carbocycles. The lowest BCUT2D eigenvalue weighted by Gasteiger charge is -2.23. The summed E-state index contributed by atoms with van der Waals surface area (Å²) in [4.78, 5) is 15.9. The second-order valence-corrected chi connectivity index (χ2v) is 8.28. The van der Waals surface area contributed by atoms with E-state index in [9.17, 15) is 4.79 Å². The number of para-hydroxylation sites is 1. The first-order chi connectivity index (χ1) is 11.8. The van der Waals surface area contributed by atoms with Gasteiger partial charge in [0.25, 0.3) is 0 Å². The number of nitrogens with zero attached hydrogens (tertiary/aromatic N) is 1. The molecule has 25 heavy (non-hydrogen) atoms. The van der Waals surface area contributed by atoms with Crippen LogP contribution in [0.15, 0.2) is 59.1 Å². The van der Waals surface area contributed by atoms with E-state index in [1.165, 1.54) is 22.4 Å². The second kappa shape index (κ2) is 6.72. The molecule has 0 aromatic heterocycles. The van der Waals surface area contributed by atoms with Crippen molar-refractivity contribution in [3.63, 3.8) is 0 Å². The van der Waals surface area contributed by atoms with E-state index < -0.39 is 0 Å². The van der Waals surface area contributed by atoms with Crippen LogP contribution in [0.2, 0.25) is 0 Å². The molecule has 0 radical (unpaired) electrons. The Hall–Kier alpha value is -2.00. The fourth-order valence-electron chi connectivity index (χ4n) is 3.41. The molecular weight excluding hydrogens is 326 g/mol. The zero-order valence-corrected chi connectivity index (χ0v) is 16.4. The fourth-order valence-corrected chi connectivity index (χ4v) is 4.23. The van der Waals surface area contributed by atoms with Gasteiger partial charge in [-0.1, -0.05) is 38.1 Å². The number of fused-ring (bicyclic) bond motifs is 1. The van der Waals surface area contributed by atoms with Crippen molar-refractivity contribution >= 4 is 23.2 Å². The Labute approximate surface area is 154 Å². The van der Waals surface area contributed by atoms with Gasteiger partial charge in [-0.25, -0.2) is 0 Å². The van der Waals surface area contributed by atoms with E-state index in [0.717, 1.165) is 10.6 Å². The number of rotatable bonds is 4. The molecule has 1 aliphatic heterocycles. The highest BCUT2D eigenvalue weighted by Crippen LogP contribution is 2.46. The van der Waals surface area contributed by atoms with Crippen LogP contribution in [-0.2, 0) is 10.2 Å². The molecule has 0 atom stereocenters. The summed E-state index contributed by atoms with van der Waals surface area (Å²) in [5, 5.41) is 0. The molecule has 0 saturated carbocycles. The third-order valence-electron chi connectivity index (χ3n) is 5.10. The predicted octanol–water partition coefficient (Wildman–Crippen LogP) is 5.28. The molecule has 0 amide bonds. The van der Waals surface area contributed by atoms with Crippen LogP contribution in [0, 0.1) is 13.8 Å². The number of likely N-dealkylation sites (N-methyl/N-ethyl adjacent to an activating group) is 1. The first-order valence-electron chi connectivity index (χ1n) is 8.59. The Kier molecular flexibility index (Phi) is 4.79. The van der Waals surface area contributed by atoms with Crippen molar-refractivity contribution in [2.75, 3.05) is 17.7 Å². The van der Waals surface area contributed by atoms with E-state index in [2.05, 4.69) is 69.0 Å². The Morgan fingerprint density at radius 1 is 1.12 bits per heavy atom. The monoisotopic (exact) mass is 351 g/mol. The smallest absolute Gasteiger partial charge is 0.167 e. The van der Waals surface area contributed by atoms with Crippen molar-refractivity contribution in [3.05, 3.63) is 70.9 Å². The van der Waals surface area contributed by atoms with Gasteiger partial charge in [-0.3, -0.25) is 4.79 Å². The van der Waals surface area contributed by atoms with Gasteiger partial charge in [0.1, 0.15) is 0 Å². The van der Waals surface area contributed by atoms with Crippen LogP contribution in [-0.4, -0.2) is 18.6 Å². The van der Waals surface area contributed by atoms with Gasteiger partial charge in [-0.2, -0.15) is 0 Å². The number of anilines is 1. The SMILES string of the molecule is Cc1ccc(SCC(=O)C=C2N(C)c3ccccc3C2(C)C)cc1C. The van der Waals surface area contributed by atoms with Gasteiger partial charge in [0.05, 0.1) is 5.75 Å². The third-order valence-corrected chi connectivity index (χ3v) is 6.11. The molecular formula is C22H25NOS. The second-order valence-electron chi connectivity index (χ2n) is 7.23. The van der Waals surface area contributed by atoms with Crippen molar-refractivity contribution in [2.45, 2.75) is 38.0 Å². The molecule has 0 N–H and O–H groups in total. The average molecular weight is 352 g/mol. The highest BCUT2D eigenvalue weighted by Gasteiger charge is 2.38. The summed E-state index contributed by atoms with van der Waals surface area (Å²) in [6.07, 6.45) is 1.83. The minimum atomic E-state index is -0.147. The lowest BCUT2D eigenvalue weighted by molar-refractivity contribution is -0.112. The number of ketones is 1. The first kappa shape index (κ1) is 17.8. The molecule has 130 valence electrons. The summed E-state index contributed by atoms with van der Waals surface area (Å²) < 4.78 is 0. The highest BCUT2D eigenvalue weighted by molar-refractivity contribution is 8.00. The standard InChI is InChI=1S/C22H25NOS/c1-15-10-11-18(12-16(15)2)25-14-17(24)13-21-22(3,4)19-8-6-7-9-20(19)23(21)5/h6-13H,14H2,1-5H3. The lowest BCUT2D eigenvalue weighted by Crippen LogP contribution is -2.24. The summed E-state index contributed by atoms with van der Waals surface area (Å²) >= 11 is 1.61. The number of hydrogen-bond acceptors (Lipinski definition) is 3. The predicted molar refractivity (Wildman–Crippen MR) is 108 cm³/mol. The molecule has 0 bridgehead atoms. The minimum absolute atomic E-state index is 0.147. The first-order valence-corrected chi connectivity index (χ1v) is 9.57. The summed E-state index contributed by atoms with van der Waals surface area (Å²) in [5.41, 5.74) is 5.94. The van der Waals surface area contributed by atoms with Crippen molar-refractivity contribution in [2.24, 2.45) is 0 Å². The molecule has 0 saturated heterocycles. The van der Waals surface area contributed by atoms with E-state index in [0.29, 0.717) is 5.75 Å². The van der Waals surface area contributed by atoms with Gasteiger partial charge >= 0.3 is 0 Å². The van der Waals surface area contributed by atoms with Gasteiger partial charge in [-0.05, 0) is 48.7 Å². The Balaban J connectivity index is 1.76. The minimum Gasteiger partial charge on any atom is -0.347 e. The molecule has 2 aromatic rings. The largest absolute Gasteiger partial charge is 0.347 e. The Morgan fingerprint density at radius 2 is 1.84 bits per heavy atom. The van der Waals surface area contributed by atoms with Gasteiger partial charge < -0.3 is 4.90 Å². The Bertz CT molecular complexity index is 851. The number of carbonyl (C=O) groups excluding carboxylic acids is 1. The van der Waals surface area contributed by atoms with Crippen molar-refractivity contribution < 1.29 is 4.79 Å². The molecule has 1 aliphatic rings. The fraction of sp³-hybridized carbons (Fsp3) is 0.318. The molecule has 0 spiro atoms. The maximum absolute atomic E-state index is 12.6. The molecule has 1 heterocycles. The van der Waals surface area contributed by atoms with Crippen molar-refractivity contribution in [3.8, 4) is 0 Å². The van der Waals surface area contributed by atoms with Crippen LogP contribution in [0.4, 0.5) is 5.69 Å². The van der Waals surface area contributed by atoms with Crippen LogP contribution in [0.25, 0.3) is 0 Å². The number of hydrogen-bond donors (Lipinski definition) is 0. The van der Waals surface area contributed by atoms with Gasteiger partial charge in [0.2, 0.25) is 0 Å². The lowest BCUT2D eigenvalue weighted by atomic mass is 9.83. The molecule has 2 nitrogen and oxygen atoms in total. The van der Waals surface area contributed by atoms with Gasteiger partial charge in [0.15, 0.2) is 5.78 Å². The third kappa shape index (κ3) is 3.38. The van der Waals surface area contributed by atoms with Gasteiger partial charge in [-0.15, -0.1) is 11.8 Å². The molecule has 3 heteroatoms. The van der Waals surface area contributed by atoms with E-state index in [-0.39, 0.29) is 11.2 Å². The quantitative estimate of drug-likeness (QED) is 0.552.